The van der Waals surface area contributed by atoms with Crippen molar-refractivity contribution in [1.29, 1.82) is 0 Å². The molecule has 0 bridgehead atoms. The van der Waals surface area contributed by atoms with E-state index in [0.29, 0.717) is 19.1 Å². The molecule has 0 aromatic heterocycles. The van der Waals surface area contributed by atoms with Crippen molar-refractivity contribution >= 4 is 11.6 Å². The lowest BCUT2D eigenvalue weighted by Gasteiger charge is -2.31. The number of nitrogens with one attached hydrogen (secondary N) is 1. The second kappa shape index (κ2) is 6.16. The molecule has 2 rings (SSSR count). The molecule has 1 heterocycles. The fourth-order valence-electron chi connectivity index (χ4n) is 2.36. The molecule has 0 radical (unpaired) electrons. The quantitative estimate of drug-likeness (QED) is 0.919. The zero-order valence-electron chi connectivity index (χ0n) is 12.8. The van der Waals surface area contributed by atoms with Gasteiger partial charge in [-0.3, -0.25) is 4.79 Å². The zero-order chi connectivity index (χ0) is 14.7. The number of amides is 1. The van der Waals surface area contributed by atoms with Crippen LogP contribution >= 0.6 is 0 Å². The molecule has 0 fully saturated rings. The summed E-state index contributed by atoms with van der Waals surface area (Å²) in [5.74, 6) is 1.42. The lowest BCUT2D eigenvalue weighted by Crippen LogP contribution is -2.43. The lowest BCUT2D eigenvalue weighted by molar-refractivity contribution is -0.120. The maximum atomic E-state index is 11.9. The molecule has 1 aliphatic rings. The van der Waals surface area contributed by atoms with Crippen molar-refractivity contribution in [3.8, 4) is 5.75 Å². The first-order valence-corrected chi connectivity index (χ1v) is 7.28. The average molecular weight is 276 g/mol. The second-order valence-electron chi connectivity index (χ2n) is 5.87. The van der Waals surface area contributed by atoms with Gasteiger partial charge in [-0.05, 0) is 37.5 Å². The first-order valence-electron chi connectivity index (χ1n) is 7.28. The smallest absolute Gasteiger partial charge is 0.239 e. The Labute approximate surface area is 121 Å². The van der Waals surface area contributed by atoms with Crippen molar-refractivity contribution in [2.24, 2.45) is 0 Å². The summed E-state index contributed by atoms with van der Waals surface area (Å²) < 4.78 is 5.73. The third-order valence-electron chi connectivity index (χ3n) is 3.39. The summed E-state index contributed by atoms with van der Waals surface area (Å²) in [7, 11) is 0. The van der Waals surface area contributed by atoms with Crippen LogP contribution in [0.25, 0.3) is 0 Å². The Balaban J connectivity index is 2.14. The maximum Gasteiger partial charge on any atom is 0.239 e. The molecular formula is C16H24N2O2. The Morgan fingerprint density at radius 3 is 2.75 bits per heavy atom. The molecule has 1 aromatic rings. The van der Waals surface area contributed by atoms with E-state index >= 15 is 0 Å². The molecule has 1 N–H and O–H groups in total. The molecule has 0 spiro atoms. The van der Waals surface area contributed by atoms with Gasteiger partial charge in [-0.2, -0.15) is 0 Å². The van der Waals surface area contributed by atoms with Gasteiger partial charge in [0, 0.05) is 6.04 Å². The van der Waals surface area contributed by atoms with Gasteiger partial charge in [0.05, 0.1) is 18.8 Å². The topological polar surface area (TPSA) is 41.6 Å². The fraction of sp³-hybridized carbons (Fsp3) is 0.562. The predicted molar refractivity (Wildman–Crippen MR) is 81.5 cm³/mol. The number of fused-ring (bicyclic) bond motifs is 1. The molecule has 4 nitrogen and oxygen atoms in total. The molecule has 0 aliphatic carbocycles. The fourth-order valence-corrected chi connectivity index (χ4v) is 2.36. The number of hydrogen-bond donors (Lipinski definition) is 1. The number of benzene rings is 1. The van der Waals surface area contributed by atoms with Crippen LogP contribution in [0.3, 0.4) is 0 Å². The summed E-state index contributed by atoms with van der Waals surface area (Å²) in [4.78, 5) is 14.0. The van der Waals surface area contributed by atoms with Gasteiger partial charge in [0.1, 0.15) is 12.4 Å². The lowest BCUT2D eigenvalue weighted by atomic mass is 10.0. The maximum absolute atomic E-state index is 11.9. The van der Waals surface area contributed by atoms with Gasteiger partial charge in [-0.15, -0.1) is 0 Å². The normalized spacial score (nSPS) is 14.2. The number of rotatable bonds is 4. The van der Waals surface area contributed by atoms with Crippen molar-refractivity contribution in [1.82, 2.24) is 5.32 Å². The van der Waals surface area contributed by atoms with E-state index in [1.165, 1.54) is 5.56 Å². The highest BCUT2D eigenvalue weighted by Gasteiger charge is 2.21. The average Bonchev–Trinajstić information content (AvgIpc) is 2.37. The SMILES string of the molecule is CC(C)NC(=O)CN1CCOc2cc(C(C)C)ccc21. The third kappa shape index (κ3) is 3.44. The van der Waals surface area contributed by atoms with Gasteiger partial charge >= 0.3 is 0 Å². The number of carbonyl (C=O) groups excluding carboxylic acids is 1. The molecule has 1 aromatic carbocycles. The van der Waals surface area contributed by atoms with Crippen LogP contribution in [0, 0.1) is 0 Å². The number of nitrogens with zero attached hydrogens (tertiary/aromatic N) is 1. The van der Waals surface area contributed by atoms with Crippen LogP contribution in [-0.4, -0.2) is 31.6 Å². The molecule has 110 valence electrons. The van der Waals surface area contributed by atoms with Crippen LogP contribution in [0.1, 0.15) is 39.2 Å². The van der Waals surface area contributed by atoms with Gasteiger partial charge < -0.3 is 15.0 Å². The van der Waals surface area contributed by atoms with E-state index < -0.39 is 0 Å². The zero-order valence-corrected chi connectivity index (χ0v) is 12.8. The Morgan fingerprint density at radius 2 is 2.10 bits per heavy atom. The molecule has 0 saturated carbocycles. The van der Waals surface area contributed by atoms with Crippen molar-refractivity contribution in [2.75, 3.05) is 24.6 Å². The minimum Gasteiger partial charge on any atom is -0.490 e. The molecule has 4 heteroatoms. The Kier molecular flexibility index (Phi) is 4.53. The Morgan fingerprint density at radius 1 is 1.35 bits per heavy atom. The summed E-state index contributed by atoms with van der Waals surface area (Å²) >= 11 is 0. The monoisotopic (exact) mass is 276 g/mol. The Bertz CT molecular complexity index is 483. The van der Waals surface area contributed by atoms with E-state index in [4.69, 9.17) is 4.74 Å². The van der Waals surface area contributed by atoms with Crippen molar-refractivity contribution in [3.05, 3.63) is 23.8 Å². The third-order valence-corrected chi connectivity index (χ3v) is 3.39. The van der Waals surface area contributed by atoms with E-state index in [-0.39, 0.29) is 11.9 Å². The highest BCUT2D eigenvalue weighted by molar-refractivity contribution is 5.82. The predicted octanol–water partition coefficient (Wildman–Crippen LogP) is 2.53. The molecule has 0 saturated heterocycles. The van der Waals surface area contributed by atoms with Gasteiger partial charge in [0.15, 0.2) is 0 Å². The van der Waals surface area contributed by atoms with Crippen LogP contribution in [0.15, 0.2) is 18.2 Å². The van der Waals surface area contributed by atoms with Crippen LogP contribution in [0.5, 0.6) is 5.75 Å². The number of hydrogen-bond acceptors (Lipinski definition) is 3. The highest BCUT2D eigenvalue weighted by Crippen LogP contribution is 2.34. The van der Waals surface area contributed by atoms with Gasteiger partial charge in [-0.25, -0.2) is 0 Å². The number of ether oxygens (including phenoxy) is 1. The minimum absolute atomic E-state index is 0.0563. The first-order chi connectivity index (χ1) is 9.47. The molecule has 20 heavy (non-hydrogen) atoms. The summed E-state index contributed by atoms with van der Waals surface area (Å²) in [6, 6.07) is 6.44. The molecule has 1 amide bonds. The molecule has 0 unspecified atom stereocenters. The number of carbonyl (C=O) groups is 1. The largest absolute Gasteiger partial charge is 0.490 e. The standard InChI is InChI=1S/C16H24N2O2/c1-11(2)13-5-6-14-15(9-13)20-8-7-18(14)10-16(19)17-12(3)4/h5-6,9,11-12H,7-8,10H2,1-4H3,(H,17,19). The summed E-state index contributed by atoms with van der Waals surface area (Å²) in [5, 5.41) is 2.93. The first kappa shape index (κ1) is 14.7. The molecular weight excluding hydrogens is 252 g/mol. The van der Waals surface area contributed by atoms with Gasteiger partial charge in [-0.1, -0.05) is 19.9 Å². The highest BCUT2D eigenvalue weighted by atomic mass is 16.5. The summed E-state index contributed by atoms with van der Waals surface area (Å²) in [5.41, 5.74) is 2.27. The van der Waals surface area contributed by atoms with Crippen molar-refractivity contribution < 1.29 is 9.53 Å². The van der Waals surface area contributed by atoms with Gasteiger partial charge in [0.2, 0.25) is 5.91 Å². The summed E-state index contributed by atoms with van der Waals surface area (Å²) in [6.45, 7) is 10.0. The van der Waals surface area contributed by atoms with E-state index in [2.05, 4.69) is 42.3 Å². The molecule has 1 aliphatic heterocycles. The molecule has 0 atom stereocenters. The van der Waals surface area contributed by atoms with Crippen molar-refractivity contribution in [2.45, 2.75) is 39.7 Å². The summed E-state index contributed by atoms with van der Waals surface area (Å²) in [6.07, 6.45) is 0. The number of anilines is 1. The second-order valence-corrected chi connectivity index (χ2v) is 5.87. The van der Waals surface area contributed by atoms with E-state index in [9.17, 15) is 4.79 Å². The van der Waals surface area contributed by atoms with E-state index in [1.807, 2.05) is 13.8 Å². The van der Waals surface area contributed by atoms with Crippen LogP contribution < -0.4 is 15.0 Å². The van der Waals surface area contributed by atoms with E-state index in [0.717, 1.165) is 18.0 Å². The minimum atomic E-state index is 0.0563. The van der Waals surface area contributed by atoms with Crippen LogP contribution in [0.2, 0.25) is 0 Å². The Hall–Kier alpha value is -1.71. The van der Waals surface area contributed by atoms with Crippen molar-refractivity contribution in [3.63, 3.8) is 0 Å². The van der Waals surface area contributed by atoms with E-state index in [1.54, 1.807) is 0 Å². The van der Waals surface area contributed by atoms with Crippen LogP contribution in [0.4, 0.5) is 5.69 Å². The van der Waals surface area contributed by atoms with Gasteiger partial charge in [0.25, 0.3) is 0 Å². The van der Waals surface area contributed by atoms with Crippen LogP contribution in [-0.2, 0) is 4.79 Å².